The molecular weight excluding hydrogens is 196 g/mol. The average Bonchev–Trinajstić information content (AvgIpc) is 2.18. The van der Waals surface area contributed by atoms with E-state index in [1.807, 2.05) is 0 Å². The molecule has 1 aliphatic rings. The molecule has 0 radical (unpaired) electrons. The molecule has 0 aromatic rings. The molecule has 0 saturated heterocycles. The van der Waals surface area contributed by atoms with E-state index in [2.05, 4.69) is 5.32 Å². The summed E-state index contributed by atoms with van der Waals surface area (Å²) < 4.78 is 4.77. The topological polar surface area (TPSA) is 81.4 Å². The molecule has 0 aromatic heterocycles. The Kier molecular flexibility index (Phi) is 4.39. The van der Waals surface area contributed by atoms with E-state index < -0.39 is 6.09 Å². The van der Waals surface area contributed by atoms with E-state index in [9.17, 15) is 9.59 Å². The minimum absolute atomic E-state index is 0.157. The third kappa shape index (κ3) is 3.42. The number of hydrogen-bond donors (Lipinski definition) is 2. The number of carbonyl (C=O) groups excluding carboxylic acids is 2. The van der Waals surface area contributed by atoms with Crippen LogP contribution in [0.5, 0.6) is 0 Å². The number of carbonyl (C=O) groups is 2. The zero-order chi connectivity index (χ0) is 11.3. The molecule has 1 saturated carbocycles. The molecule has 0 heterocycles. The number of rotatable bonds is 3. The van der Waals surface area contributed by atoms with Gasteiger partial charge in [0.15, 0.2) is 0 Å². The highest BCUT2D eigenvalue weighted by molar-refractivity contribution is 5.78. The molecule has 1 fully saturated rings. The Hall–Kier alpha value is -1.26. The van der Waals surface area contributed by atoms with Crippen molar-refractivity contribution >= 4 is 12.0 Å². The highest BCUT2D eigenvalue weighted by Crippen LogP contribution is 2.24. The van der Waals surface area contributed by atoms with Crippen LogP contribution in [0, 0.1) is 5.92 Å². The molecule has 15 heavy (non-hydrogen) atoms. The third-order valence-corrected chi connectivity index (χ3v) is 2.71. The summed E-state index contributed by atoms with van der Waals surface area (Å²) in [6, 6.07) is -0.157. The average molecular weight is 214 g/mol. The Bertz CT molecular complexity index is 243. The number of nitrogens with one attached hydrogen (secondary N) is 1. The van der Waals surface area contributed by atoms with Crippen molar-refractivity contribution in [2.45, 2.75) is 38.6 Å². The van der Waals surface area contributed by atoms with E-state index in [0.717, 1.165) is 25.7 Å². The molecule has 86 valence electrons. The first kappa shape index (κ1) is 11.8. The summed E-state index contributed by atoms with van der Waals surface area (Å²) in [5.74, 6) is -0.584. The van der Waals surface area contributed by atoms with Crippen LogP contribution in [0.3, 0.4) is 0 Å². The maximum atomic E-state index is 11.2. The molecule has 0 bridgehead atoms. The largest absolute Gasteiger partial charge is 0.450 e. The van der Waals surface area contributed by atoms with Crippen LogP contribution in [0.2, 0.25) is 0 Å². The Labute approximate surface area is 89.3 Å². The lowest BCUT2D eigenvalue weighted by atomic mass is 9.84. The summed E-state index contributed by atoms with van der Waals surface area (Å²) in [6.45, 7) is 2.08. The van der Waals surface area contributed by atoms with E-state index in [0.29, 0.717) is 6.61 Å². The fourth-order valence-corrected chi connectivity index (χ4v) is 1.97. The zero-order valence-electron chi connectivity index (χ0n) is 8.99. The number of ether oxygens (including phenoxy) is 1. The first-order valence-electron chi connectivity index (χ1n) is 5.37. The van der Waals surface area contributed by atoms with E-state index in [4.69, 9.17) is 10.5 Å². The van der Waals surface area contributed by atoms with Crippen LogP contribution in [0.4, 0.5) is 4.79 Å². The smallest absolute Gasteiger partial charge is 0.407 e. The highest BCUT2D eigenvalue weighted by Gasteiger charge is 2.30. The van der Waals surface area contributed by atoms with Gasteiger partial charge < -0.3 is 15.8 Å². The summed E-state index contributed by atoms with van der Waals surface area (Å²) in [4.78, 5) is 22.3. The van der Waals surface area contributed by atoms with Gasteiger partial charge in [0.2, 0.25) is 5.91 Å². The molecule has 2 atom stereocenters. The van der Waals surface area contributed by atoms with Crippen molar-refractivity contribution in [3.63, 3.8) is 0 Å². The van der Waals surface area contributed by atoms with Gasteiger partial charge in [-0.25, -0.2) is 4.79 Å². The van der Waals surface area contributed by atoms with Crippen molar-refractivity contribution in [3.8, 4) is 0 Å². The van der Waals surface area contributed by atoms with Crippen molar-refractivity contribution in [1.82, 2.24) is 5.32 Å². The molecule has 0 spiro atoms. The van der Waals surface area contributed by atoms with Crippen molar-refractivity contribution in [2.24, 2.45) is 11.7 Å². The molecule has 2 amide bonds. The Morgan fingerprint density at radius 3 is 2.67 bits per heavy atom. The summed E-state index contributed by atoms with van der Waals surface area (Å²) in [5, 5.41) is 2.69. The van der Waals surface area contributed by atoms with Crippen LogP contribution in [-0.4, -0.2) is 24.6 Å². The molecule has 0 aliphatic heterocycles. The second kappa shape index (κ2) is 5.58. The van der Waals surface area contributed by atoms with E-state index in [1.165, 1.54) is 0 Å². The normalized spacial score (nSPS) is 25.7. The van der Waals surface area contributed by atoms with Gasteiger partial charge in [-0.15, -0.1) is 0 Å². The van der Waals surface area contributed by atoms with Gasteiger partial charge in [-0.05, 0) is 19.8 Å². The quantitative estimate of drug-likeness (QED) is 0.728. The predicted molar refractivity (Wildman–Crippen MR) is 55.1 cm³/mol. The number of amides is 2. The van der Waals surface area contributed by atoms with Crippen LogP contribution in [0.25, 0.3) is 0 Å². The zero-order valence-corrected chi connectivity index (χ0v) is 8.99. The Morgan fingerprint density at radius 1 is 1.40 bits per heavy atom. The predicted octanol–water partition coefficient (Wildman–Crippen LogP) is 0.777. The van der Waals surface area contributed by atoms with Crippen LogP contribution in [-0.2, 0) is 9.53 Å². The van der Waals surface area contributed by atoms with Gasteiger partial charge in [-0.3, -0.25) is 4.79 Å². The molecule has 1 rings (SSSR count). The minimum atomic E-state index is -0.462. The second-order valence-corrected chi connectivity index (χ2v) is 3.76. The third-order valence-electron chi connectivity index (χ3n) is 2.71. The Morgan fingerprint density at radius 2 is 2.07 bits per heavy atom. The molecule has 0 aromatic carbocycles. The number of primary amides is 1. The van der Waals surface area contributed by atoms with Gasteiger partial charge in [-0.2, -0.15) is 0 Å². The molecular formula is C10H18N2O3. The minimum Gasteiger partial charge on any atom is -0.450 e. The van der Waals surface area contributed by atoms with E-state index in [-0.39, 0.29) is 17.9 Å². The number of alkyl carbamates (subject to hydrolysis) is 1. The number of hydrogen-bond acceptors (Lipinski definition) is 3. The monoisotopic (exact) mass is 214 g/mol. The Balaban J connectivity index is 2.49. The summed E-state index contributed by atoms with van der Waals surface area (Å²) in [5.41, 5.74) is 5.28. The van der Waals surface area contributed by atoms with E-state index in [1.54, 1.807) is 6.92 Å². The highest BCUT2D eigenvalue weighted by atomic mass is 16.5. The van der Waals surface area contributed by atoms with Gasteiger partial charge in [0.25, 0.3) is 0 Å². The van der Waals surface area contributed by atoms with Gasteiger partial charge in [0.1, 0.15) is 0 Å². The van der Waals surface area contributed by atoms with Crippen molar-refractivity contribution in [1.29, 1.82) is 0 Å². The molecule has 3 N–H and O–H groups in total. The molecule has 1 aliphatic carbocycles. The maximum absolute atomic E-state index is 11.2. The lowest BCUT2D eigenvalue weighted by Crippen LogP contribution is -2.47. The summed E-state index contributed by atoms with van der Waals surface area (Å²) in [6.07, 6.45) is 3.10. The van der Waals surface area contributed by atoms with Crippen LogP contribution < -0.4 is 11.1 Å². The second-order valence-electron chi connectivity index (χ2n) is 3.76. The first-order chi connectivity index (χ1) is 7.15. The fraction of sp³-hybridized carbons (Fsp3) is 0.800. The van der Waals surface area contributed by atoms with Crippen LogP contribution in [0.1, 0.15) is 32.6 Å². The number of nitrogens with two attached hydrogens (primary N) is 1. The summed E-state index contributed by atoms with van der Waals surface area (Å²) in [7, 11) is 0. The van der Waals surface area contributed by atoms with Gasteiger partial charge in [0.05, 0.1) is 12.5 Å². The van der Waals surface area contributed by atoms with Gasteiger partial charge in [-0.1, -0.05) is 12.8 Å². The fourth-order valence-electron chi connectivity index (χ4n) is 1.97. The van der Waals surface area contributed by atoms with Crippen LogP contribution >= 0.6 is 0 Å². The van der Waals surface area contributed by atoms with Crippen molar-refractivity contribution < 1.29 is 14.3 Å². The molecule has 5 nitrogen and oxygen atoms in total. The van der Waals surface area contributed by atoms with Crippen molar-refractivity contribution in [3.05, 3.63) is 0 Å². The van der Waals surface area contributed by atoms with Gasteiger partial charge >= 0.3 is 6.09 Å². The lowest BCUT2D eigenvalue weighted by molar-refractivity contribution is -0.123. The summed E-state index contributed by atoms with van der Waals surface area (Å²) >= 11 is 0. The molecule has 5 heteroatoms. The standard InChI is InChI=1S/C10H18N2O3/c1-2-15-10(14)12-8-6-4-3-5-7(8)9(11)13/h7-8H,2-6H2,1H3,(H2,11,13)(H,12,14)/t7-,8-/m0/s1. The van der Waals surface area contributed by atoms with Crippen molar-refractivity contribution in [2.75, 3.05) is 6.61 Å². The van der Waals surface area contributed by atoms with E-state index >= 15 is 0 Å². The maximum Gasteiger partial charge on any atom is 0.407 e. The first-order valence-corrected chi connectivity index (χ1v) is 5.37. The SMILES string of the molecule is CCOC(=O)N[C@H]1CCCC[C@@H]1C(N)=O. The van der Waals surface area contributed by atoms with Crippen LogP contribution in [0.15, 0.2) is 0 Å². The van der Waals surface area contributed by atoms with Gasteiger partial charge in [0, 0.05) is 6.04 Å². The molecule has 0 unspecified atom stereocenters. The lowest BCUT2D eigenvalue weighted by Gasteiger charge is -2.29.